The summed E-state index contributed by atoms with van der Waals surface area (Å²) in [4.78, 5) is 8.95. The summed E-state index contributed by atoms with van der Waals surface area (Å²) >= 11 is 18.4. The molecule has 1 aromatic heterocycles. The third-order valence-electron chi connectivity index (χ3n) is 3.31. The highest BCUT2D eigenvalue weighted by Crippen LogP contribution is 2.27. The van der Waals surface area contributed by atoms with E-state index in [0.717, 1.165) is 17.0 Å². The van der Waals surface area contributed by atoms with Crippen molar-refractivity contribution in [3.8, 4) is 11.4 Å². The Balaban J connectivity index is 2.06. The predicted molar refractivity (Wildman–Crippen MR) is 105 cm³/mol. The smallest absolute Gasteiger partial charge is 0.249 e. The lowest BCUT2D eigenvalue weighted by atomic mass is 10.2. The summed E-state index contributed by atoms with van der Waals surface area (Å²) in [7, 11) is 0. The summed E-state index contributed by atoms with van der Waals surface area (Å²) in [6.45, 7) is 0.638. The molecular formula is C17H13Cl3N4S. The summed E-state index contributed by atoms with van der Waals surface area (Å²) in [6, 6.07) is 19.8. The van der Waals surface area contributed by atoms with Crippen molar-refractivity contribution < 1.29 is 0 Å². The Morgan fingerprint density at radius 3 is 2.24 bits per heavy atom. The highest BCUT2D eigenvalue weighted by Gasteiger charge is 2.26. The van der Waals surface area contributed by atoms with Crippen molar-refractivity contribution in [2.75, 3.05) is 0 Å². The fourth-order valence-corrected chi connectivity index (χ4v) is 3.19. The first-order chi connectivity index (χ1) is 11.9. The monoisotopic (exact) mass is 410 g/mol. The Morgan fingerprint density at radius 2 is 1.64 bits per heavy atom. The number of rotatable bonds is 3. The molecule has 25 heavy (non-hydrogen) atoms. The third kappa shape index (κ3) is 4.70. The summed E-state index contributed by atoms with van der Waals surface area (Å²) in [6.07, 6.45) is 0. The minimum absolute atomic E-state index is 0.363. The fraction of sp³-hybridized carbons (Fsp3) is 0.118. The molecule has 8 heteroatoms. The van der Waals surface area contributed by atoms with Gasteiger partial charge >= 0.3 is 0 Å². The van der Waals surface area contributed by atoms with E-state index in [-0.39, 0.29) is 5.84 Å². The van der Waals surface area contributed by atoms with Gasteiger partial charge in [-0.15, -0.1) is 0 Å². The number of amidine groups is 1. The van der Waals surface area contributed by atoms with Crippen LogP contribution in [0.3, 0.4) is 0 Å². The fourth-order valence-electron chi connectivity index (χ4n) is 2.17. The minimum atomic E-state index is -1.87. The zero-order valence-corrected chi connectivity index (χ0v) is 15.9. The quantitative estimate of drug-likeness (QED) is 0.372. The summed E-state index contributed by atoms with van der Waals surface area (Å²) in [5.74, 6) is 0.392. The van der Waals surface area contributed by atoms with Gasteiger partial charge in [-0.2, -0.15) is 9.98 Å². The second-order valence-electron chi connectivity index (χ2n) is 5.16. The van der Waals surface area contributed by atoms with Crippen LogP contribution in [0.2, 0.25) is 0 Å². The van der Waals surface area contributed by atoms with Crippen LogP contribution in [0.1, 0.15) is 5.56 Å². The van der Waals surface area contributed by atoms with Crippen LogP contribution in [0.5, 0.6) is 0 Å². The van der Waals surface area contributed by atoms with E-state index in [2.05, 4.69) is 9.98 Å². The zero-order valence-electron chi connectivity index (χ0n) is 12.9. The van der Waals surface area contributed by atoms with E-state index in [0.29, 0.717) is 11.3 Å². The van der Waals surface area contributed by atoms with Crippen LogP contribution in [0, 0.1) is 5.41 Å². The van der Waals surface area contributed by atoms with E-state index in [1.807, 2.05) is 64.6 Å². The Bertz CT molecular complexity index is 928. The second kappa shape index (κ2) is 7.70. The highest BCUT2D eigenvalue weighted by atomic mass is 35.6. The van der Waals surface area contributed by atoms with Crippen LogP contribution in [-0.4, -0.2) is 18.6 Å². The summed E-state index contributed by atoms with van der Waals surface area (Å²) < 4.78 is 0.137. The molecule has 0 spiro atoms. The molecule has 4 nitrogen and oxygen atoms in total. The lowest BCUT2D eigenvalue weighted by Crippen LogP contribution is -2.18. The maximum atomic E-state index is 7.78. The number of aromatic nitrogens is 2. The van der Waals surface area contributed by atoms with Crippen molar-refractivity contribution in [2.24, 2.45) is 4.99 Å². The van der Waals surface area contributed by atoms with Crippen LogP contribution in [0.4, 0.5) is 0 Å². The van der Waals surface area contributed by atoms with Gasteiger partial charge in [-0.05, 0) is 17.1 Å². The van der Waals surface area contributed by atoms with Crippen LogP contribution >= 0.6 is 46.3 Å². The third-order valence-corrected chi connectivity index (χ3v) is 4.71. The molecule has 0 atom stereocenters. The first kappa shape index (κ1) is 18.1. The number of nitrogens with zero attached hydrogens (tertiary/aromatic N) is 3. The molecule has 0 saturated carbocycles. The first-order valence-corrected chi connectivity index (χ1v) is 9.22. The molecule has 0 aliphatic rings. The van der Waals surface area contributed by atoms with Crippen LogP contribution in [0.15, 0.2) is 65.7 Å². The average molecular weight is 412 g/mol. The largest absolute Gasteiger partial charge is 0.283 e. The lowest BCUT2D eigenvalue weighted by Gasteiger charge is -2.06. The van der Waals surface area contributed by atoms with Crippen molar-refractivity contribution in [1.82, 2.24) is 8.94 Å². The molecule has 2 aromatic carbocycles. The zero-order chi connectivity index (χ0) is 17.9. The van der Waals surface area contributed by atoms with Gasteiger partial charge < -0.3 is 0 Å². The molecule has 0 amide bonds. The molecule has 0 saturated heterocycles. The van der Waals surface area contributed by atoms with Crippen molar-refractivity contribution in [1.29, 1.82) is 5.41 Å². The van der Waals surface area contributed by atoms with Gasteiger partial charge in [0, 0.05) is 5.56 Å². The van der Waals surface area contributed by atoms with Gasteiger partial charge in [0.25, 0.3) is 0 Å². The number of benzene rings is 2. The molecule has 0 unspecified atom stereocenters. The molecule has 3 rings (SSSR count). The predicted octanol–water partition coefficient (Wildman–Crippen LogP) is 4.91. The normalized spacial score (nSPS) is 12.4. The van der Waals surface area contributed by atoms with E-state index in [9.17, 15) is 0 Å². The topological polar surface area (TPSA) is 54.0 Å². The second-order valence-corrected chi connectivity index (χ2v) is 8.43. The Kier molecular flexibility index (Phi) is 5.59. The van der Waals surface area contributed by atoms with E-state index in [1.54, 1.807) is 0 Å². The molecule has 0 aliphatic carbocycles. The maximum absolute atomic E-state index is 7.78. The van der Waals surface area contributed by atoms with Gasteiger partial charge in [0.15, 0.2) is 11.7 Å². The van der Waals surface area contributed by atoms with E-state index < -0.39 is 3.79 Å². The number of hydrogen-bond acceptors (Lipinski definition) is 3. The molecule has 0 aliphatic heterocycles. The van der Waals surface area contributed by atoms with Crippen LogP contribution in [-0.2, 0) is 6.54 Å². The van der Waals surface area contributed by atoms with Crippen LogP contribution < -0.4 is 4.80 Å². The Hall–Kier alpha value is -1.66. The number of nitrogens with one attached hydrogen (secondary N) is 1. The van der Waals surface area contributed by atoms with Crippen LogP contribution in [0.25, 0.3) is 11.4 Å². The standard InChI is InChI=1S/C17H13Cl3N4S/c18-17(19,20)15(21)23-16-22-14(13-9-5-2-6-10-13)24(25-16)11-12-7-3-1-4-8-12/h1-10,21H,11H2. The molecule has 0 bridgehead atoms. The molecular weight excluding hydrogens is 399 g/mol. The summed E-state index contributed by atoms with van der Waals surface area (Å²) in [5, 5.41) is 7.78. The Morgan fingerprint density at radius 1 is 1.04 bits per heavy atom. The molecule has 0 radical (unpaired) electrons. The maximum Gasteiger partial charge on any atom is 0.249 e. The Labute approximate surface area is 164 Å². The minimum Gasteiger partial charge on any atom is -0.283 e. The van der Waals surface area contributed by atoms with Gasteiger partial charge in [0.05, 0.1) is 6.54 Å². The lowest BCUT2D eigenvalue weighted by molar-refractivity contribution is 0.873. The van der Waals surface area contributed by atoms with E-state index in [4.69, 9.17) is 40.2 Å². The van der Waals surface area contributed by atoms with Gasteiger partial charge in [-0.1, -0.05) is 95.5 Å². The van der Waals surface area contributed by atoms with Gasteiger partial charge in [0.2, 0.25) is 8.59 Å². The van der Waals surface area contributed by atoms with Gasteiger partial charge in [-0.3, -0.25) is 9.37 Å². The van der Waals surface area contributed by atoms with Gasteiger partial charge in [-0.25, -0.2) is 0 Å². The SMILES string of the molecule is N=C(N=c1nc(-c2ccccc2)n(Cc2ccccc2)s1)C(Cl)(Cl)Cl. The molecule has 0 fully saturated rings. The molecule has 128 valence electrons. The highest BCUT2D eigenvalue weighted by molar-refractivity contribution is 7.03. The van der Waals surface area contributed by atoms with Crippen molar-refractivity contribution >= 4 is 52.2 Å². The number of hydrogen-bond donors (Lipinski definition) is 1. The van der Waals surface area contributed by atoms with Crippen molar-refractivity contribution in [3.63, 3.8) is 0 Å². The number of halogens is 3. The molecule has 1 N–H and O–H groups in total. The first-order valence-electron chi connectivity index (χ1n) is 7.31. The average Bonchev–Trinajstić information content (AvgIpc) is 2.98. The molecule has 3 aromatic rings. The van der Waals surface area contributed by atoms with Gasteiger partial charge in [0.1, 0.15) is 0 Å². The van der Waals surface area contributed by atoms with Crippen molar-refractivity contribution in [2.45, 2.75) is 10.3 Å². The molecule has 1 heterocycles. The number of alkyl halides is 3. The van der Waals surface area contributed by atoms with E-state index in [1.165, 1.54) is 11.5 Å². The van der Waals surface area contributed by atoms with E-state index >= 15 is 0 Å². The van der Waals surface area contributed by atoms with Crippen molar-refractivity contribution in [3.05, 3.63) is 71.0 Å². The summed E-state index contributed by atoms with van der Waals surface area (Å²) in [5.41, 5.74) is 2.09.